The Morgan fingerprint density at radius 1 is 1.27 bits per heavy atom. The maximum absolute atomic E-state index is 11.9. The molecule has 4 rings (SSSR count). The highest BCUT2D eigenvalue weighted by Crippen LogP contribution is 2.48. The number of esters is 1. The Labute approximate surface area is 130 Å². The SMILES string of the molecule is O=C(CCc1nc2ccccc2[nH]1)OCC1CC2CCC1C2. The molecule has 1 N–H and O–H groups in total. The smallest absolute Gasteiger partial charge is 0.306 e. The summed E-state index contributed by atoms with van der Waals surface area (Å²) in [7, 11) is 0. The van der Waals surface area contributed by atoms with Crippen LogP contribution in [0.5, 0.6) is 0 Å². The number of carbonyl (C=O) groups is 1. The standard InChI is InChI=1S/C18H22N2O2/c21-18(22-11-14-10-12-5-6-13(14)9-12)8-7-17-19-15-3-1-2-4-16(15)20-17/h1-4,12-14H,5-11H2,(H,19,20). The number of para-hydroxylation sites is 2. The van der Waals surface area contributed by atoms with Crippen LogP contribution in [0, 0.1) is 17.8 Å². The second-order valence-corrected chi connectivity index (χ2v) is 6.82. The van der Waals surface area contributed by atoms with Gasteiger partial charge in [-0.1, -0.05) is 18.6 Å². The summed E-state index contributed by atoms with van der Waals surface area (Å²) in [5.41, 5.74) is 1.97. The van der Waals surface area contributed by atoms with Crippen molar-refractivity contribution < 1.29 is 9.53 Å². The summed E-state index contributed by atoms with van der Waals surface area (Å²) in [4.78, 5) is 19.7. The van der Waals surface area contributed by atoms with E-state index in [0.717, 1.165) is 28.7 Å². The predicted molar refractivity (Wildman–Crippen MR) is 84.3 cm³/mol. The second-order valence-electron chi connectivity index (χ2n) is 6.82. The number of benzene rings is 1. The normalized spacial score (nSPS) is 26.6. The van der Waals surface area contributed by atoms with Crippen molar-refractivity contribution in [1.29, 1.82) is 0 Å². The number of carbonyl (C=O) groups excluding carboxylic acids is 1. The Morgan fingerprint density at radius 3 is 2.95 bits per heavy atom. The number of aromatic amines is 1. The lowest BCUT2D eigenvalue weighted by Gasteiger charge is -2.21. The number of aromatic nitrogens is 2. The van der Waals surface area contributed by atoms with Crippen molar-refractivity contribution in [2.24, 2.45) is 17.8 Å². The summed E-state index contributed by atoms with van der Waals surface area (Å²) in [5.74, 6) is 3.10. The highest BCUT2D eigenvalue weighted by Gasteiger charge is 2.39. The molecule has 2 fully saturated rings. The van der Waals surface area contributed by atoms with Gasteiger partial charge in [-0.15, -0.1) is 0 Å². The number of ether oxygens (including phenoxy) is 1. The van der Waals surface area contributed by atoms with Crippen LogP contribution >= 0.6 is 0 Å². The van der Waals surface area contributed by atoms with E-state index in [9.17, 15) is 4.79 Å². The van der Waals surface area contributed by atoms with Crippen LogP contribution in [-0.2, 0) is 16.0 Å². The Kier molecular flexibility index (Phi) is 3.60. The van der Waals surface area contributed by atoms with Gasteiger partial charge in [0.15, 0.2) is 0 Å². The van der Waals surface area contributed by atoms with Crippen molar-refractivity contribution in [3.63, 3.8) is 0 Å². The van der Waals surface area contributed by atoms with Gasteiger partial charge in [-0.05, 0) is 49.1 Å². The fraction of sp³-hybridized carbons (Fsp3) is 0.556. The van der Waals surface area contributed by atoms with Gasteiger partial charge in [0.2, 0.25) is 0 Å². The van der Waals surface area contributed by atoms with E-state index in [2.05, 4.69) is 9.97 Å². The lowest BCUT2D eigenvalue weighted by atomic mass is 9.90. The van der Waals surface area contributed by atoms with Crippen molar-refractivity contribution in [2.45, 2.75) is 38.5 Å². The number of nitrogens with one attached hydrogen (secondary N) is 1. The van der Waals surface area contributed by atoms with Crippen LogP contribution < -0.4 is 0 Å². The van der Waals surface area contributed by atoms with Crippen molar-refractivity contribution >= 4 is 17.0 Å². The van der Waals surface area contributed by atoms with Crippen LogP contribution in [-0.4, -0.2) is 22.5 Å². The first-order valence-electron chi connectivity index (χ1n) is 8.37. The Morgan fingerprint density at radius 2 is 2.18 bits per heavy atom. The molecule has 0 saturated heterocycles. The number of fused-ring (bicyclic) bond motifs is 3. The summed E-state index contributed by atoms with van der Waals surface area (Å²) in [6.07, 6.45) is 6.38. The lowest BCUT2D eigenvalue weighted by molar-refractivity contribution is -0.145. The number of hydrogen-bond acceptors (Lipinski definition) is 3. The fourth-order valence-corrected chi connectivity index (χ4v) is 4.20. The summed E-state index contributed by atoms with van der Waals surface area (Å²) < 4.78 is 5.49. The third-order valence-corrected chi connectivity index (χ3v) is 5.35. The average molecular weight is 298 g/mol. The van der Waals surface area contributed by atoms with Gasteiger partial charge in [-0.3, -0.25) is 4.79 Å². The van der Waals surface area contributed by atoms with E-state index in [1.54, 1.807) is 0 Å². The minimum atomic E-state index is -0.0942. The predicted octanol–water partition coefficient (Wildman–Crippen LogP) is 3.47. The second kappa shape index (κ2) is 5.75. The van der Waals surface area contributed by atoms with Crippen molar-refractivity contribution in [2.75, 3.05) is 6.61 Å². The van der Waals surface area contributed by atoms with Crippen LogP contribution in [0.3, 0.4) is 0 Å². The van der Waals surface area contributed by atoms with Crippen molar-refractivity contribution in [3.8, 4) is 0 Å². The molecule has 1 aromatic carbocycles. The molecule has 116 valence electrons. The molecule has 22 heavy (non-hydrogen) atoms. The summed E-state index contributed by atoms with van der Waals surface area (Å²) in [6.45, 7) is 0.625. The molecule has 3 unspecified atom stereocenters. The Bertz CT molecular complexity index is 646. The van der Waals surface area contributed by atoms with Gasteiger partial charge in [-0.25, -0.2) is 4.98 Å². The molecule has 1 aromatic heterocycles. The third kappa shape index (κ3) is 2.74. The number of rotatable bonds is 5. The number of imidazole rings is 1. The molecule has 2 aliphatic carbocycles. The van der Waals surface area contributed by atoms with Crippen LogP contribution in [0.15, 0.2) is 24.3 Å². The van der Waals surface area contributed by atoms with E-state index in [0.29, 0.717) is 25.4 Å². The molecular weight excluding hydrogens is 276 g/mol. The first-order chi connectivity index (χ1) is 10.8. The molecule has 0 amide bonds. The molecular formula is C18H22N2O2. The maximum Gasteiger partial charge on any atom is 0.306 e. The maximum atomic E-state index is 11.9. The third-order valence-electron chi connectivity index (χ3n) is 5.35. The molecule has 2 aromatic rings. The minimum absolute atomic E-state index is 0.0942. The van der Waals surface area contributed by atoms with Gasteiger partial charge >= 0.3 is 5.97 Å². The summed E-state index contributed by atoms with van der Waals surface area (Å²) in [5, 5.41) is 0. The quantitative estimate of drug-likeness (QED) is 0.860. The molecule has 0 aliphatic heterocycles. The molecule has 2 bridgehead atoms. The Hall–Kier alpha value is -1.84. The Balaban J connectivity index is 1.25. The highest BCUT2D eigenvalue weighted by molar-refractivity contribution is 5.75. The van der Waals surface area contributed by atoms with E-state index in [1.807, 2.05) is 24.3 Å². The summed E-state index contributed by atoms with van der Waals surface area (Å²) >= 11 is 0. The van der Waals surface area contributed by atoms with Gasteiger partial charge in [0.05, 0.1) is 24.1 Å². The van der Waals surface area contributed by atoms with Crippen LogP contribution in [0.25, 0.3) is 11.0 Å². The monoisotopic (exact) mass is 298 g/mol. The van der Waals surface area contributed by atoms with E-state index in [4.69, 9.17) is 4.74 Å². The zero-order chi connectivity index (χ0) is 14.9. The van der Waals surface area contributed by atoms with Crippen LogP contribution in [0.4, 0.5) is 0 Å². The molecule has 2 aliphatic rings. The zero-order valence-electron chi connectivity index (χ0n) is 12.8. The zero-order valence-corrected chi connectivity index (χ0v) is 12.8. The number of H-pyrrole nitrogens is 1. The van der Waals surface area contributed by atoms with Gasteiger partial charge < -0.3 is 9.72 Å². The molecule has 2 saturated carbocycles. The molecule has 3 atom stereocenters. The van der Waals surface area contributed by atoms with Crippen molar-refractivity contribution in [1.82, 2.24) is 9.97 Å². The van der Waals surface area contributed by atoms with E-state index < -0.39 is 0 Å². The average Bonchev–Trinajstić information content (AvgIpc) is 3.24. The lowest BCUT2D eigenvalue weighted by Crippen LogP contribution is -2.19. The molecule has 0 spiro atoms. The summed E-state index contributed by atoms with van der Waals surface area (Å²) in [6, 6.07) is 7.92. The number of aryl methyl sites for hydroxylation is 1. The highest BCUT2D eigenvalue weighted by atomic mass is 16.5. The topological polar surface area (TPSA) is 55.0 Å². The molecule has 0 radical (unpaired) electrons. The van der Waals surface area contributed by atoms with Crippen LogP contribution in [0.2, 0.25) is 0 Å². The fourth-order valence-electron chi connectivity index (χ4n) is 4.20. The molecule has 1 heterocycles. The van der Waals surface area contributed by atoms with E-state index in [1.165, 1.54) is 25.7 Å². The van der Waals surface area contributed by atoms with E-state index in [-0.39, 0.29) is 5.97 Å². The van der Waals surface area contributed by atoms with E-state index >= 15 is 0 Å². The van der Waals surface area contributed by atoms with Crippen LogP contribution in [0.1, 0.15) is 37.9 Å². The minimum Gasteiger partial charge on any atom is -0.465 e. The number of hydrogen-bond donors (Lipinski definition) is 1. The molecule has 4 heteroatoms. The first-order valence-corrected chi connectivity index (χ1v) is 8.37. The van der Waals surface area contributed by atoms with Crippen molar-refractivity contribution in [3.05, 3.63) is 30.1 Å². The van der Waals surface area contributed by atoms with Gasteiger partial charge in [0, 0.05) is 6.42 Å². The van der Waals surface area contributed by atoms with Gasteiger partial charge in [0.25, 0.3) is 0 Å². The molecule has 4 nitrogen and oxygen atoms in total. The largest absolute Gasteiger partial charge is 0.465 e. The first kappa shape index (κ1) is 13.8. The number of nitrogens with zero attached hydrogens (tertiary/aromatic N) is 1. The van der Waals surface area contributed by atoms with Gasteiger partial charge in [0.1, 0.15) is 5.82 Å². The van der Waals surface area contributed by atoms with Gasteiger partial charge in [-0.2, -0.15) is 0 Å².